The van der Waals surface area contributed by atoms with Crippen molar-refractivity contribution in [3.05, 3.63) is 0 Å². The highest BCUT2D eigenvalue weighted by atomic mass is 16.6. The fourth-order valence-corrected chi connectivity index (χ4v) is 2.15. The van der Waals surface area contributed by atoms with Crippen LogP contribution in [0.25, 0.3) is 0 Å². The summed E-state index contributed by atoms with van der Waals surface area (Å²) in [6, 6.07) is 0. The Labute approximate surface area is 124 Å². The number of rotatable bonds is 13. The van der Waals surface area contributed by atoms with Gasteiger partial charge in [0.05, 0.1) is 0 Å². The van der Waals surface area contributed by atoms with Crippen molar-refractivity contribution >= 4 is 11.9 Å². The van der Waals surface area contributed by atoms with E-state index in [2.05, 4.69) is 13.8 Å². The van der Waals surface area contributed by atoms with Gasteiger partial charge < -0.3 is 4.74 Å². The summed E-state index contributed by atoms with van der Waals surface area (Å²) >= 11 is 0. The van der Waals surface area contributed by atoms with Gasteiger partial charge in [0.25, 0.3) is 0 Å². The van der Waals surface area contributed by atoms with Gasteiger partial charge in [-0.2, -0.15) is 0 Å². The van der Waals surface area contributed by atoms with Gasteiger partial charge in [0.1, 0.15) is 0 Å². The van der Waals surface area contributed by atoms with Crippen molar-refractivity contribution in [1.82, 2.24) is 0 Å². The number of unbranched alkanes of at least 4 members (excludes halogenated alkanes) is 9. The van der Waals surface area contributed by atoms with Crippen LogP contribution in [-0.2, 0) is 14.3 Å². The van der Waals surface area contributed by atoms with E-state index < -0.39 is 0 Å². The molecule has 3 nitrogen and oxygen atoms in total. The van der Waals surface area contributed by atoms with Crippen molar-refractivity contribution < 1.29 is 14.3 Å². The van der Waals surface area contributed by atoms with E-state index in [1.807, 2.05) is 0 Å². The molecule has 0 aromatic rings. The first-order valence-corrected chi connectivity index (χ1v) is 8.44. The van der Waals surface area contributed by atoms with Crippen molar-refractivity contribution in [2.75, 3.05) is 0 Å². The van der Waals surface area contributed by atoms with Gasteiger partial charge in [0, 0.05) is 12.8 Å². The maximum atomic E-state index is 11.4. The Morgan fingerprint density at radius 3 is 1.45 bits per heavy atom. The Morgan fingerprint density at radius 1 is 0.600 bits per heavy atom. The lowest BCUT2D eigenvalue weighted by atomic mass is 10.1. The molecule has 0 aliphatic heterocycles. The lowest BCUT2D eigenvalue weighted by molar-refractivity contribution is -0.159. The lowest BCUT2D eigenvalue weighted by Crippen LogP contribution is -2.11. The van der Waals surface area contributed by atoms with Crippen LogP contribution in [0.3, 0.4) is 0 Å². The van der Waals surface area contributed by atoms with Crippen LogP contribution in [0, 0.1) is 0 Å². The molecule has 0 rings (SSSR count). The van der Waals surface area contributed by atoms with Crippen LogP contribution in [-0.4, -0.2) is 11.9 Å². The fraction of sp³-hybridized carbons (Fsp3) is 0.882. The molecule has 0 atom stereocenters. The highest BCUT2D eigenvalue weighted by Crippen LogP contribution is 2.10. The van der Waals surface area contributed by atoms with Gasteiger partial charge in [-0.1, -0.05) is 71.6 Å². The zero-order valence-electron chi connectivity index (χ0n) is 13.4. The molecule has 0 fully saturated rings. The van der Waals surface area contributed by atoms with E-state index in [4.69, 9.17) is 4.74 Å². The van der Waals surface area contributed by atoms with E-state index >= 15 is 0 Å². The highest BCUT2D eigenvalue weighted by Gasteiger charge is 2.09. The SMILES string of the molecule is CCCCCCCCCCC(=O)OC(=O)CCCCC. The Kier molecular flexibility index (Phi) is 13.9. The number of esters is 2. The average molecular weight is 284 g/mol. The van der Waals surface area contributed by atoms with Gasteiger partial charge in [-0.15, -0.1) is 0 Å². The van der Waals surface area contributed by atoms with E-state index in [0.29, 0.717) is 12.8 Å². The first-order chi connectivity index (χ1) is 9.70. The zero-order chi connectivity index (χ0) is 15.1. The zero-order valence-corrected chi connectivity index (χ0v) is 13.4. The first-order valence-electron chi connectivity index (χ1n) is 8.44. The minimum atomic E-state index is -0.358. The van der Waals surface area contributed by atoms with Crippen LogP contribution < -0.4 is 0 Å². The molecular formula is C17H32O3. The summed E-state index contributed by atoms with van der Waals surface area (Å²) < 4.78 is 4.78. The van der Waals surface area contributed by atoms with E-state index in [1.165, 1.54) is 38.5 Å². The summed E-state index contributed by atoms with van der Waals surface area (Å²) in [6.07, 6.45) is 13.2. The second-order valence-electron chi connectivity index (χ2n) is 5.53. The predicted molar refractivity (Wildman–Crippen MR) is 82.5 cm³/mol. The molecule has 0 aliphatic rings. The van der Waals surface area contributed by atoms with Crippen molar-refractivity contribution in [2.24, 2.45) is 0 Å². The monoisotopic (exact) mass is 284 g/mol. The molecule has 0 saturated heterocycles. The second kappa shape index (κ2) is 14.5. The van der Waals surface area contributed by atoms with Gasteiger partial charge in [0.15, 0.2) is 0 Å². The maximum Gasteiger partial charge on any atom is 0.313 e. The van der Waals surface area contributed by atoms with E-state index in [9.17, 15) is 9.59 Å². The number of ether oxygens (including phenoxy) is 1. The van der Waals surface area contributed by atoms with Crippen molar-refractivity contribution in [1.29, 1.82) is 0 Å². The van der Waals surface area contributed by atoms with Gasteiger partial charge in [-0.3, -0.25) is 9.59 Å². The van der Waals surface area contributed by atoms with E-state index in [0.717, 1.165) is 32.1 Å². The Balaban J connectivity index is 3.33. The molecule has 0 bridgehead atoms. The summed E-state index contributed by atoms with van der Waals surface area (Å²) in [5, 5.41) is 0. The Hall–Kier alpha value is -0.860. The second-order valence-corrected chi connectivity index (χ2v) is 5.53. The normalized spacial score (nSPS) is 10.5. The standard InChI is InChI=1S/C17H32O3/c1-3-5-7-8-9-10-11-13-15-17(19)20-16(18)14-12-6-4-2/h3-15H2,1-2H3. The number of carbonyl (C=O) groups excluding carboxylic acids is 2. The number of hydrogen-bond acceptors (Lipinski definition) is 3. The Bertz CT molecular complexity index is 249. The van der Waals surface area contributed by atoms with Crippen LogP contribution in [0.1, 0.15) is 97.3 Å². The molecular weight excluding hydrogens is 252 g/mol. The summed E-state index contributed by atoms with van der Waals surface area (Å²) in [7, 11) is 0. The molecule has 0 aliphatic carbocycles. The molecule has 0 aromatic heterocycles. The molecule has 0 saturated carbocycles. The summed E-state index contributed by atoms with van der Waals surface area (Å²) in [5.74, 6) is -0.708. The largest absolute Gasteiger partial charge is 0.393 e. The quantitative estimate of drug-likeness (QED) is 0.266. The first kappa shape index (κ1) is 19.1. The van der Waals surface area contributed by atoms with Crippen LogP contribution in [0.4, 0.5) is 0 Å². The van der Waals surface area contributed by atoms with Gasteiger partial charge in [0.2, 0.25) is 0 Å². The van der Waals surface area contributed by atoms with E-state index in [-0.39, 0.29) is 11.9 Å². The molecule has 20 heavy (non-hydrogen) atoms. The minimum Gasteiger partial charge on any atom is -0.393 e. The van der Waals surface area contributed by atoms with Crippen LogP contribution >= 0.6 is 0 Å². The minimum absolute atomic E-state index is 0.350. The average Bonchev–Trinajstić information content (AvgIpc) is 2.42. The lowest BCUT2D eigenvalue weighted by Gasteiger charge is -2.03. The molecule has 0 heterocycles. The van der Waals surface area contributed by atoms with Crippen LogP contribution in [0.15, 0.2) is 0 Å². The molecule has 0 radical (unpaired) electrons. The van der Waals surface area contributed by atoms with Crippen molar-refractivity contribution in [2.45, 2.75) is 97.3 Å². The topological polar surface area (TPSA) is 43.4 Å². The summed E-state index contributed by atoms with van der Waals surface area (Å²) in [5.41, 5.74) is 0. The molecule has 0 amide bonds. The smallest absolute Gasteiger partial charge is 0.313 e. The molecule has 0 spiro atoms. The fourth-order valence-electron chi connectivity index (χ4n) is 2.15. The van der Waals surface area contributed by atoms with Gasteiger partial charge in [-0.25, -0.2) is 0 Å². The molecule has 0 N–H and O–H groups in total. The third kappa shape index (κ3) is 13.6. The Morgan fingerprint density at radius 2 is 0.950 bits per heavy atom. The molecule has 0 aromatic carbocycles. The number of hydrogen-bond donors (Lipinski definition) is 0. The maximum absolute atomic E-state index is 11.4. The van der Waals surface area contributed by atoms with Gasteiger partial charge >= 0.3 is 11.9 Å². The van der Waals surface area contributed by atoms with Gasteiger partial charge in [-0.05, 0) is 12.8 Å². The highest BCUT2D eigenvalue weighted by molar-refractivity contribution is 5.85. The van der Waals surface area contributed by atoms with Crippen LogP contribution in [0.5, 0.6) is 0 Å². The summed E-state index contributed by atoms with van der Waals surface area (Å²) in [4.78, 5) is 22.7. The molecule has 3 heteroatoms. The predicted octanol–water partition coefficient (Wildman–Crippen LogP) is 5.17. The van der Waals surface area contributed by atoms with E-state index in [1.54, 1.807) is 0 Å². The molecule has 118 valence electrons. The number of carbonyl (C=O) groups is 2. The van der Waals surface area contributed by atoms with Crippen molar-refractivity contribution in [3.63, 3.8) is 0 Å². The van der Waals surface area contributed by atoms with Crippen molar-refractivity contribution in [3.8, 4) is 0 Å². The third-order valence-electron chi connectivity index (χ3n) is 3.45. The molecule has 0 unspecified atom stereocenters. The third-order valence-corrected chi connectivity index (χ3v) is 3.45. The van der Waals surface area contributed by atoms with Crippen LogP contribution in [0.2, 0.25) is 0 Å². The summed E-state index contributed by atoms with van der Waals surface area (Å²) in [6.45, 7) is 4.30.